The van der Waals surface area contributed by atoms with Crippen molar-refractivity contribution in [1.29, 1.82) is 0 Å². The Hall–Kier alpha value is -1.06. The molecule has 0 aromatic rings. The van der Waals surface area contributed by atoms with Crippen LogP contribution < -0.4 is 0 Å². The summed E-state index contributed by atoms with van der Waals surface area (Å²) in [4.78, 5) is 23.1. The van der Waals surface area contributed by atoms with Crippen molar-refractivity contribution < 1.29 is 19.1 Å². The first-order valence-electron chi connectivity index (χ1n) is 7.11. The summed E-state index contributed by atoms with van der Waals surface area (Å²) in [6.07, 6.45) is 1.61. The predicted octanol–water partition coefficient (Wildman–Crippen LogP) is 3.19. The summed E-state index contributed by atoms with van der Waals surface area (Å²) in [5.74, 6) is -0.683. The van der Waals surface area contributed by atoms with Gasteiger partial charge in [-0.25, -0.2) is 0 Å². The maximum Gasteiger partial charge on any atom is 0.308 e. The Morgan fingerprint density at radius 2 is 1.16 bits per heavy atom. The molecular weight excluding hydrogens is 244 g/mol. The number of hydrogen-bond donors (Lipinski definition) is 0. The summed E-state index contributed by atoms with van der Waals surface area (Å²) in [5.41, 5.74) is -0.269. The molecule has 0 N–H and O–H groups in total. The molecule has 0 rings (SSSR count). The fraction of sp³-hybridized carbons (Fsp3) is 0.867. The molecule has 4 nitrogen and oxygen atoms in total. The first-order valence-corrected chi connectivity index (χ1v) is 7.11. The van der Waals surface area contributed by atoms with E-state index in [0.717, 1.165) is 12.8 Å². The van der Waals surface area contributed by atoms with Gasteiger partial charge in [0, 0.05) is 5.41 Å². The lowest BCUT2D eigenvalue weighted by Gasteiger charge is -2.31. The monoisotopic (exact) mass is 272 g/mol. The van der Waals surface area contributed by atoms with E-state index in [9.17, 15) is 9.59 Å². The second-order valence-corrected chi connectivity index (χ2v) is 5.73. The molecule has 0 aliphatic carbocycles. The minimum atomic E-state index is -0.269. The van der Waals surface area contributed by atoms with Crippen molar-refractivity contribution in [3.8, 4) is 0 Å². The zero-order valence-corrected chi connectivity index (χ0v) is 13.1. The highest BCUT2D eigenvalue weighted by Gasteiger charge is 2.30. The van der Waals surface area contributed by atoms with E-state index in [1.165, 1.54) is 0 Å². The maximum absolute atomic E-state index is 11.5. The van der Waals surface area contributed by atoms with Crippen LogP contribution in [0.2, 0.25) is 0 Å². The third-order valence-electron chi connectivity index (χ3n) is 3.48. The Labute approximate surface area is 116 Å². The molecule has 0 saturated carbocycles. The first kappa shape index (κ1) is 17.9. The summed E-state index contributed by atoms with van der Waals surface area (Å²) in [6, 6.07) is 0. The summed E-state index contributed by atoms with van der Waals surface area (Å²) in [6.45, 7) is 11.9. The van der Waals surface area contributed by atoms with Crippen molar-refractivity contribution in [2.75, 3.05) is 13.2 Å². The Morgan fingerprint density at radius 1 is 0.842 bits per heavy atom. The Kier molecular flexibility index (Phi) is 7.72. The van der Waals surface area contributed by atoms with Gasteiger partial charge in [-0.2, -0.15) is 0 Å². The molecule has 0 spiro atoms. The smallest absolute Gasteiger partial charge is 0.308 e. The van der Waals surface area contributed by atoms with Gasteiger partial charge in [0.25, 0.3) is 0 Å². The van der Waals surface area contributed by atoms with Gasteiger partial charge in [-0.05, 0) is 12.8 Å². The van der Waals surface area contributed by atoms with E-state index in [1.54, 1.807) is 27.7 Å². The van der Waals surface area contributed by atoms with E-state index in [0.29, 0.717) is 13.2 Å². The summed E-state index contributed by atoms with van der Waals surface area (Å²) in [5, 5.41) is 0. The van der Waals surface area contributed by atoms with Crippen molar-refractivity contribution in [3.63, 3.8) is 0 Å². The van der Waals surface area contributed by atoms with Crippen LogP contribution in [0.15, 0.2) is 0 Å². The van der Waals surface area contributed by atoms with Crippen LogP contribution in [0.3, 0.4) is 0 Å². The molecule has 0 heterocycles. The number of carbonyl (C=O) groups is 2. The summed E-state index contributed by atoms with van der Waals surface area (Å²) >= 11 is 0. The molecule has 0 amide bonds. The molecule has 0 saturated heterocycles. The van der Waals surface area contributed by atoms with Crippen LogP contribution in [-0.2, 0) is 19.1 Å². The lowest BCUT2D eigenvalue weighted by molar-refractivity contribution is -0.158. The lowest BCUT2D eigenvalue weighted by Crippen LogP contribution is -2.34. The number of ether oxygens (including phenoxy) is 2. The van der Waals surface area contributed by atoms with Gasteiger partial charge in [0.2, 0.25) is 0 Å². The van der Waals surface area contributed by atoms with Gasteiger partial charge in [0.1, 0.15) is 13.2 Å². The van der Waals surface area contributed by atoms with Gasteiger partial charge in [0.05, 0.1) is 11.8 Å². The van der Waals surface area contributed by atoms with E-state index in [4.69, 9.17) is 9.47 Å². The van der Waals surface area contributed by atoms with Crippen LogP contribution in [0.5, 0.6) is 0 Å². The van der Waals surface area contributed by atoms with Crippen molar-refractivity contribution in [2.24, 2.45) is 17.3 Å². The number of hydrogen-bond acceptors (Lipinski definition) is 4. The second kappa shape index (κ2) is 8.18. The highest BCUT2D eigenvalue weighted by molar-refractivity contribution is 5.72. The molecule has 0 atom stereocenters. The van der Waals surface area contributed by atoms with E-state index in [1.807, 2.05) is 13.8 Å². The third-order valence-corrected chi connectivity index (χ3v) is 3.48. The van der Waals surface area contributed by atoms with Gasteiger partial charge in [-0.3, -0.25) is 9.59 Å². The van der Waals surface area contributed by atoms with Crippen LogP contribution in [0, 0.1) is 17.3 Å². The highest BCUT2D eigenvalue weighted by Crippen LogP contribution is 2.28. The van der Waals surface area contributed by atoms with Crippen LogP contribution in [0.25, 0.3) is 0 Å². The molecule has 0 bridgehead atoms. The van der Waals surface area contributed by atoms with Crippen molar-refractivity contribution >= 4 is 11.9 Å². The van der Waals surface area contributed by atoms with E-state index in [-0.39, 0.29) is 29.2 Å². The molecular formula is C15H28O4. The quantitative estimate of drug-likeness (QED) is 0.637. The van der Waals surface area contributed by atoms with E-state index < -0.39 is 0 Å². The Morgan fingerprint density at radius 3 is 1.37 bits per heavy atom. The van der Waals surface area contributed by atoms with Gasteiger partial charge >= 0.3 is 11.9 Å². The molecule has 112 valence electrons. The SMILES string of the molecule is CCC(CC)(COC(=O)C(C)C)COC(=O)C(C)C. The number of rotatable bonds is 8. The molecule has 19 heavy (non-hydrogen) atoms. The normalized spacial score (nSPS) is 11.8. The zero-order chi connectivity index (χ0) is 15.1. The fourth-order valence-corrected chi connectivity index (χ4v) is 1.48. The van der Waals surface area contributed by atoms with E-state index >= 15 is 0 Å². The number of carbonyl (C=O) groups excluding carboxylic acids is 2. The fourth-order valence-electron chi connectivity index (χ4n) is 1.48. The van der Waals surface area contributed by atoms with Gasteiger partial charge in [-0.1, -0.05) is 41.5 Å². The molecule has 0 aliphatic heterocycles. The Balaban J connectivity index is 4.49. The Bertz CT molecular complexity index is 265. The molecule has 0 radical (unpaired) electrons. The highest BCUT2D eigenvalue weighted by atomic mass is 16.5. The first-order chi connectivity index (χ1) is 8.78. The maximum atomic E-state index is 11.5. The van der Waals surface area contributed by atoms with Crippen molar-refractivity contribution in [2.45, 2.75) is 54.4 Å². The average Bonchev–Trinajstić information content (AvgIpc) is 2.38. The number of esters is 2. The average molecular weight is 272 g/mol. The molecule has 0 aliphatic rings. The topological polar surface area (TPSA) is 52.6 Å². The van der Waals surface area contributed by atoms with E-state index in [2.05, 4.69) is 0 Å². The minimum Gasteiger partial charge on any atom is -0.465 e. The molecule has 0 fully saturated rings. The minimum absolute atomic E-state index is 0.135. The summed E-state index contributed by atoms with van der Waals surface area (Å²) in [7, 11) is 0. The van der Waals surface area contributed by atoms with Crippen LogP contribution in [0.1, 0.15) is 54.4 Å². The third kappa shape index (κ3) is 6.08. The molecule has 4 heteroatoms. The van der Waals surface area contributed by atoms with Crippen molar-refractivity contribution in [1.82, 2.24) is 0 Å². The molecule has 0 aromatic carbocycles. The standard InChI is InChI=1S/C15H28O4/c1-7-15(8-2,9-18-13(16)11(3)4)10-19-14(17)12(5)6/h11-12H,7-10H2,1-6H3. The van der Waals surface area contributed by atoms with Gasteiger partial charge in [0.15, 0.2) is 0 Å². The van der Waals surface area contributed by atoms with Gasteiger partial charge < -0.3 is 9.47 Å². The van der Waals surface area contributed by atoms with Crippen LogP contribution >= 0.6 is 0 Å². The lowest BCUT2D eigenvalue weighted by atomic mass is 9.84. The van der Waals surface area contributed by atoms with Crippen molar-refractivity contribution in [3.05, 3.63) is 0 Å². The molecule has 0 unspecified atom stereocenters. The largest absolute Gasteiger partial charge is 0.465 e. The van der Waals surface area contributed by atoms with Crippen LogP contribution in [0.4, 0.5) is 0 Å². The van der Waals surface area contributed by atoms with Crippen LogP contribution in [-0.4, -0.2) is 25.2 Å². The molecule has 0 aromatic heterocycles. The summed E-state index contributed by atoms with van der Waals surface area (Å²) < 4.78 is 10.6. The second-order valence-electron chi connectivity index (χ2n) is 5.73. The predicted molar refractivity (Wildman–Crippen MR) is 74.6 cm³/mol. The van der Waals surface area contributed by atoms with Gasteiger partial charge in [-0.15, -0.1) is 0 Å². The zero-order valence-electron chi connectivity index (χ0n) is 13.1.